The van der Waals surface area contributed by atoms with Gasteiger partial charge >= 0.3 is 5.97 Å². The van der Waals surface area contributed by atoms with Crippen LogP contribution in [-0.4, -0.2) is 53.8 Å². The topological polar surface area (TPSA) is 105 Å². The molecular weight excluding hydrogens is 386 g/mol. The second-order valence-electron chi connectivity index (χ2n) is 8.33. The maximum Gasteiger partial charge on any atom is 0.311 e. The number of carbonyl (C=O) groups excluding carboxylic acids is 4. The molecular formula is C22H27N3O5. The quantitative estimate of drug-likeness (QED) is 0.664. The van der Waals surface area contributed by atoms with Gasteiger partial charge in [0.15, 0.2) is 6.61 Å². The molecule has 1 aromatic carbocycles. The Morgan fingerprint density at radius 3 is 2.53 bits per heavy atom. The van der Waals surface area contributed by atoms with Gasteiger partial charge < -0.3 is 20.3 Å². The largest absolute Gasteiger partial charge is 0.455 e. The van der Waals surface area contributed by atoms with Crippen molar-refractivity contribution in [1.29, 1.82) is 0 Å². The van der Waals surface area contributed by atoms with Gasteiger partial charge in [0, 0.05) is 25.0 Å². The number of hydrogen-bond donors (Lipinski definition) is 2. The first kappa shape index (κ1) is 20.4. The molecule has 3 fully saturated rings. The SMILES string of the molecule is O=C(COC(=O)[C@@H]1CC(=O)N(C2CCCC2)C1)Nc1ccccc1C(=O)NC1CC1. The third kappa shape index (κ3) is 4.80. The second-order valence-corrected chi connectivity index (χ2v) is 8.33. The van der Waals surface area contributed by atoms with Crippen molar-refractivity contribution in [2.75, 3.05) is 18.5 Å². The van der Waals surface area contributed by atoms with E-state index in [0.717, 1.165) is 38.5 Å². The van der Waals surface area contributed by atoms with Crippen LogP contribution in [-0.2, 0) is 19.1 Å². The number of rotatable bonds is 7. The molecule has 160 valence electrons. The highest BCUT2D eigenvalue weighted by molar-refractivity contribution is 6.04. The summed E-state index contributed by atoms with van der Waals surface area (Å²) < 4.78 is 5.16. The Kier molecular flexibility index (Phi) is 6.01. The lowest BCUT2D eigenvalue weighted by atomic mass is 10.1. The number of hydrogen-bond acceptors (Lipinski definition) is 5. The molecule has 0 unspecified atom stereocenters. The van der Waals surface area contributed by atoms with Crippen molar-refractivity contribution >= 4 is 29.4 Å². The predicted octanol–water partition coefficient (Wildman–Crippen LogP) is 1.85. The third-order valence-corrected chi connectivity index (χ3v) is 5.96. The number of carbonyl (C=O) groups is 4. The second kappa shape index (κ2) is 8.85. The first-order chi connectivity index (χ1) is 14.5. The van der Waals surface area contributed by atoms with Gasteiger partial charge in [-0.3, -0.25) is 19.2 Å². The summed E-state index contributed by atoms with van der Waals surface area (Å²) in [5.74, 6) is -1.82. The molecule has 30 heavy (non-hydrogen) atoms. The molecule has 3 aliphatic rings. The number of para-hydroxylation sites is 1. The van der Waals surface area contributed by atoms with Crippen LogP contribution in [0.4, 0.5) is 5.69 Å². The summed E-state index contributed by atoms with van der Waals surface area (Å²) in [6.45, 7) is -0.0837. The first-order valence-electron chi connectivity index (χ1n) is 10.7. The molecule has 1 aromatic rings. The fourth-order valence-electron chi connectivity index (χ4n) is 4.18. The molecule has 2 saturated carbocycles. The number of ether oxygens (including phenoxy) is 1. The van der Waals surface area contributed by atoms with Gasteiger partial charge in [0.05, 0.1) is 17.2 Å². The number of likely N-dealkylation sites (tertiary alicyclic amines) is 1. The fourth-order valence-corrected chi connectivity index (χ4v) is 4.18. The van der Waals surface area contributed by atoms with Gasteiger partial charge in [-0.2, -0.15) is 0 Å². The van der Waals surface area contributed by atoms with Crippen LogP contribution in [0, 0.1) is 5.92 Å². The van der Waals surface area contributed by atoms with Gasteiger partial charge in [0.25, 0.3) is 11.8 Å². The Hall–Kier alpha value is -2.90. The average molecular weight is 413 g/mol. The zero-order valence-corrected chi connectivity index (χ0v) is 16.9. The number of esters is 1. The summed E-state index contributed by atoms with van der Waals surface area (Å²) in [5.41, 5.74) is 0.748. The summed E-state index contributed by atoms with van der Waals surface area (Å²) in [4.78, 5) is 51.0. The Bertz CT molecular complexity index is 845. The van der Waals surface area contributed by atoms with Crippen LogP contribution < -0.4 is 10.6 Å². The summed E-state index contributed by atoms with van der Waals surface area (Å²) in [6, 6.07) is 7.16. The molecule has 8 nitrogen and oxygen atoms in total. The summed E-state index contributed by atoms with van der Waals surface area (Å²) in [6.07, 6.45) is 6.29. The van der Waals surface area contributed by atoms with Crippen molar-refractivity contribution in [2.45, 2.75) is 57.0 Å². The zero-order chi connectivity index (χ0) is 21.1. The van der Waals surface area contributed by atoms with Crippen molar-refractivity contribution in [3.8, 4) is 0 Å². The molecule has 1 aliphatic heterocycles. The molecule has 4 rings (SSSR count). The minimum absolute atomic E-state index is 0.0103. The van der Waals surface area contributed by atoms with E-state index in [4.69, 9.17) is 4.74 Å². The molecule has 1 saturated heterocycles. The van der Waals surface area contributed by atoms with Crippen molar-refractivity contribution in [2.24, 2.45) is 5.92 Å². The molecule has 3 amide bonds. The van der Waals surface area contributed by atoms with E-state index in [-0.39, 0.29) is 30.3 Å². The molecule has 2 N–H and O–H groups in total. The monoisotopic (exact) mass is 413 g/mol. The Morgan fingerprint density at radius 1 is 1.07 bits per heavy atom. The highest BCUT2D eigenvalue weighted by Crippen LogP contribution is 2.30. The van der Waals surface area contributed by atoms with Gasteiger partial charge in [-0.05, 0) is 37.8 Å². The Balaban J connectivity index is 1.27. The lowest BCUT2D eigenvalue weighted by Crippen LogP contribution is -2.35. The number of amides is 3. The minimum atomic E-state index is -0.529. The van der Waals surface area contributed by atoms with Crippen molar-refractivity contribution in [1.82, 2.24) is 10.2 Å². The Labute approximate surface area is 175 Å². The molecule has 0 aromatic heterocycles. The molecule has 1 heterocycles. The van der Waals surface area contributed by atoms with E-state index in [9.17, 15) is 19.2 Å². The standard InChI is InChI=1S/C22H27N3O5/c26-19(24-18-8-4-3-7-17(18)21(28)23-15-9-10-15)13-30-22(29)14-11-20(27)25(12-14)16-5-1-2-6-16/h3-4,7-8,14-16H,1-2,5-6,9-13H2,(H,23,28)(H,24,26)/t14-/m1/s1. The van der Waals surface area contributed by atoms with Crippen molar-refractivity contribution in [3.63, 3.8) is 0 Å². The highest BCUT2D eigenvalue weighted by atomic mass is 16.5. The molecule has 0 radical (unpaired) electrons. The first-order valence-corrected chi connectivity index (χ1v) is 10.7. The number of anilines is 1. The maximum absolute atomic E-state index is 12.4. The number of nitrogens with zero attached hydrogens (tertiary/aromatic N) is 1. The van der Waals surface area contributed by atoms with E-state index in [1.54, 1.807) is 29.2 Å². The van der Waals surface area contributed by atoms with E-state index in [1.165, 1.54) is 0 Å². The van der Waals surface area contributed by atoms with Crippen LogP contribution in [0.2, 0.25) is 0 Å². The van der Waals surface area contributed by atoms with Gasteiger partial charge in [-0.25, -0.2) is 0 Å². The molecule has 0 spiro atoms. The van der Waals surface area contributed by atoms with Gasteiger partial charge in [0.1, 0.15) is 0 Å². The van der Waals surface area contributed by atoms with Gasteiger partial charge in [0.2, 0.25) is 5.91 Å². The van der Waals surface area contributed by atoms with Gasteiger partial charge in [-0.1, -0.05) is 25.0 Å². The average Bonchev–Trinajstić information content (AvgIpc) is 3.22. The maximum atomic E-state index is 12.4. The lowest BCUT2D eigenvalue weighted by molar-refractivity contribution is -0.151. The zero-order valence-electron chi connectivity index (χ0n) is 16.9. The van der Waals surface area contributed by atoms with Crippen LogP contribution in [0.25, 0.3) is 0 Å². The van der Waals surface area contributed by atoms with Crippen LogP contribution in [0.5, 0.6) is 0 Å². The van der Waals surface area contributed by atoms with E-state index >= 15 is 0 Å². The normalized spacial score (nSPS) is 21.5. The number of nitrogens with one attached hydrogen (secondary N) is 2. The summed E-state index contributed by atoms with van der Waals surface area (Å²) in [7, 11) is 0. The van der Waals surface area contributed by atoms with E-state index in [2.05, 4.69) is 10.6 Å². The van der Waals surface area contributed by atoms with Crippen molar-refractivity contribution < 1.29 is 23.9 Å². The van der Waals surface area contributed by atoms with Gasteiger partial charge in [-0.15, -0.1) is 0 Å². The predicted molar refractivity (Wildman–Crippen MR) is 109 cm³/mol. The number of benzene rings is 1. The van der Waals surface area contributed by atoms with E-state index in [1.807, 2.05) is 0 Å². The van der Waals surface area contributed by atoms with Crippen LogP contribution in [0.1, 0.15) is 55.3 Å². The Morgan fingerprint density at radius 2 is 1.80 bits per heavy atom. The summed E-state index contributed by atoms with van der Waals surface area (Å²) >= 11 is 0. The molecule has 0 bridgehead atoms. The van der Waals surface area contributed by atoms with Crippen LogP contribution >= 0.6 is 0 Å². The highest BCUT2D eigenvalue weighted by Gasteiger charge is 2.39. The third-order valence-electron chi connectivity index (χ3n) is 5.96. The lowest BCUT2D eigenvalue weighted by Gasteiger charge is -2.23. The van der Waals surface area contributed by atoms with E-state index < -0.39 is 24.4 Å². The van der Waals surface area contributed by atoms with Crippen LogP contribution in [0.3, 0.4) is 0 Å². The van der Waals surface area contributed by atoms with Crippen LogP contribution in [0.15, 0.2) is 24.3 Å². The minimum Gasteiger partial charge on any atom is -0.455 e. The van der Waals surface area contributed by atoms with E-state index in [0.29, 0.717) is 17.8 Å². The molecule has 8 heteroatoms. The smallest absolute Gasteiger partial charge is 0.311 e. The fraction of sp³-hybridized carbons (Fsp3) is 0.545. The van der Waals surface area contributed by atoms with Crippen molar-refractivity contribution in [3.05, 3.63) is 29.8 Å². The molecule has 1 atom stereocenters. The molecule has 2 aliphatic carbocycles. The summed E-state index contributed by atoms with van der Waals surface area (Å²) in [5, 5.41) is 5.53.